The number of rotatable bonds is 4. The SMILES string of the molecule is Cc1n[nH]c(C)c1CNC(c1ccccc1)C(C)(C)C. The third kappa shape index (κ3) is 3.28. The Bertz CT molecular complexity index is 530. The number of hydrogen-bond acceptors (Lipinski definition) is 2. The van der Waals surface area contributed by atoms with Crippen LogP contribution in [0.2, 0.25) is 0 Å². The minimum Gasteiger partial charge on any atom is -0.305 e. The first-order valence-electron chi connectivity index (χ1n) is 7.18. The van der Waals surface area contributed by atoms with Gasteiger partial charge in [-0.25, -0.2) is 0 Å². The predicted octanol–water partition coefficient (Wildman–Crippen LogP) is 3.90. The molecule has 2 aromatic rings. The van der Waals surface area contributed by atoms with E-state index in [4.69, 9.17) is 0 Å². The van der Waals surface area contributed by atoms with Gasteiger partial charge in [0.1, 0.15) is 0 Å². The molecular formula is C17H25N3. The minimum absolute atomic E-state index is 0.160. The molecule has 2 rings (SSSR count). The molecule has 0 saturated carbocycles. The van der Waals surface area contributed by atoms with Crippen molar-refractivity contribution in [2.45, 2.75) is 47.2 Å². The van der Waals surface area contributed by atoms with Crippen LogP contribution in [0.5, 0.6) is 0 Å². The molecule has 2 N–H and O–H groups in total. The van der Waals surface area contributed by atoms with Crippen molar-refractivity contribution in [3.63, 3.8) is 0 Å². The second kappa shape index (κ2) is 5.80. The van der Waals surface area contributed by atoms with E-state index in [9.17, 15) is 0 Å². The average Bonchev–Trinajstić information content (AvgIpc) is 2.70. The third-order valence-electron chi connectivity index (χ3n) is 3.76. The number of aromatic nitrogens is 2. The number of benzene rings is 1. The van der Waals surface area contributed by atoms with E-state index in [2.05, 4.69) is 80.5 Å². The number of nitrogens with zero attached hydrogens (tertiary/aromatic N) is 1. The summed E-state index contributed by atoms with van der Waals surface area (Å²) in [4.78, 5) is 0. The normalized spacial score (nSPS) is 13.4. The van der Waals surface area contributed by atoms with E-state index < -0.39 is 0 Å². The fourth-order valence-corrected chi connectivity index (χ4v) is 2.61. The summed E-state index contributed by atoms with van der Waals surface area (Å²) in [5, 5.41) is 11.0. The summed E-state index contributed by atoms with van der Waals surface area (Å²) < 4.78 is 0. The summed E-state index contributed by atoms with van der Waals surface area (Å²) in [6.45, 7) is 11.8. The van der Waals surface area contributed by atoms with Crippen LogP contribution < -0.4 is 5.32 Å². The fraction of sp³-hybridized carbons (Fsp3) is 0.471. The summed E-state index contributed by atoms with van der Waals surface area (Å²) in [5.74, 6) is 0. The highest BCUT2D eigenvalue weighted by atomic mass is 15.1. The monoisotopic (exact) mass is 271 g/mol. The quantitative estimate of drug-likeness (QED) is 0.885. The molecule has 1 atom stereocenters. The van der Waals surface area contributed by atoms with E-state index in [1.807, 2.05) is 0 Å². The van der Waals surface area contributed by atoms with Gasteiger partial charge < -0.3 is 5.32 Å². The van der Waals surface area contributed by atoms with Crippen molar-refractivity contribution < 1.29 is 0 Å². The summed E-state index contributed by atoms with van der Waals surface area (Å²) in [6, 6.07) is 11.0. The van der Waals surface area contributed by atoms with Crippen molar-refractivity contribution in [1.82, 2.24) is 15.5 Å². The van der Waals surface area contributed by atoms with Gasteiger partial charge in [-0.05, 0) is 24.8 Å². The first-order valence-corrected chi connectivity index (χ1v) is 7.18. The Morgan fingerprint density at radius 1 is 1.15 bits per heavy atom. The number of hydrogen-bond donors (Lipinski definition) is 2. The highest BCUT2D eigenvalue weighted by Gasteiger charge is 2.26. The van der Waals surface area contributed by atoms with Crippen LogP contribution in [0.3, 0.4) is 0 Å². The van der Waals surface area contributed by atoms with E-state index >= 15 is 0 Å². The van der Waals surface area contributed by atoms with Gasteiger partial charge in [-0.3, -0.25) is 5.10 Å². The topological polar surface area (TPSA) is 40.7 Å². The molecule has 0 saturated heterocycles. The maximum atomic E-state index is 4.26. The summed E-state index contributed by atoms with van der Waals surface area (Å²) in [6.07, 6.45) is 0. The molecule has 0 radical (unpaired) electrons. The number of H-pyrrole nitrogens is 1. The predicted molar refractivity (Wildman–Crippen MR) is 83.5 cm³/mol. The molecule has 0 fully saturated rings. The second-order valence-corrected chi connectivity index (χ2v) is 6.50. The Labute approximate surface area is 121 Å². The Hall–Kier alpha value is -1.61. The molecule has 108 valence electrons. The van der Waals surface area contributed by atoms with Gasteiger partial charge in [0.05, 0.1) is 5.69 Å². The Morgan fingerprint density at radius 3 is 2.30 bits per heavy atom. The molecule has 0 aliphatic heterocycles. The molecule has 20 heavy (non-hydrogen) atoms. The van der Waals surface area contributed by atoms with Gasteiger partial charge in [0, 0.05) is 23.8 Å². The summed E-state index contributed by atoms with van der Waals surface area (Å²) >= 11 is 0. The van der Waals surface area contributed by atoms with Crippen molar-refractivity contribution >= 4 is 0 Å². The van der Waals surface area contributed by atoms with Crippen LogP contribution in [0.15, 0.2) is 30.3 Å². The second-order valence-electron chi connectivity index (χ2n) is 6.50. The Morgan fingerprint density at radius 2 is 1.80 bits per heavy atom. The molecular weight excluding hydrogens is 246 g/mol. The van der Waals surface area contributed by atoms with Crippen LogP contribution in [0.4, 0.5) is 0 Å². The van der Waals surface area contributed by atoms with E-state index in [-0.39, 0.29) is 5.41 Å². The van der Waals surface area contributed by atoms with Gasteiger partial charge in [-0.2, -0.15) is 5.10 Å². The Balaban J connectivity index is 2.18. The lowest BCUT2D eigenvalue weighted by Gasteiger charge is -2.32. The molecule has 0 amide bonds. The average molecular weight is 271 g/mol. The van der Waals surface area contributed by atoms with Crippen molar-refractivity contribution in [3.8, 4) is 0 Å². The highest BCUT2D eigenvalue weighted by molar-refractivity contribution is 5.25. The standard InChI is InChI=1S/C17H25N3/c1-12-15(13(2)20-19-12)11-18-16(17(3,4)5)14-9-7-6-8-10-14/h6-10,16,18H,11H2,1-5H3,(H,19,20). The lowest BCUT2D eigenvalue weighted by atomic mass is 9.82. The summed E-state index contributed by atoms with van der Waals surface area (Å²) in [5.41, 5.74) is 4.99. The lowest BCUT2D eigenvalue weighted by molar-refractivity contribution is 0.271. The molecule has 1 aromatic heterocycles. The van der Waals surface area contributed by atoms with Crippen LogP contribution in [-0.4, -0.2) is 10.2 Å². The van der Waals surface area contributed by atoms with Crippen LogP contribution in [0.25, 0.3) is 0 Å². The van der Waals surface area contributed by atoms with Crippen LogP contribution >= 0.6 is 0 Å². The third-order valence-corrected chi connectivity index (χ3v) is 3.76. The molecule has 3 nitrogen and oxygen atoms in total. The van der Waals surface area contributed by atoms with Crippen molar-refractivity contribution in [1.29, 1.82) is 0 Å². The largest absolute Gasteiger partial charge is 0.305 e. The zero-order valence-electron chi connectivity index (χ0n) is 13.1. The van der Waals surface area contributed by atoms with E-state index in [1.165, 1.54) is 11.1 Å². The summed E-state index contributed by atoms with van der Waals surface area (Å²) in [7, 11) is 0. The van der Waals surface area contributed by atoms with Gasteiger partial charge in [0.25, 0.3) is 0 Å². The van der Waals surface area contributed by atoms with Gasteiger partial charge in [-0.15, -0.1) is 0 Å². The zero-order chi connectivity index (χ0) is 14.8. The maximum absolute atomic E-state index is 4.26. The molecule has 0 bridgehead atoms. The van der Waals surface area contributed by atoms with Gasteiger partial charge in [-0.1, -0.05) is 51.1 Å². The molecule has 1 heterocycles. The zero-order valence-corrected chi connectivity index (χ0v) is 13.1. The van der Waals surface area contributed by atoms with Crippen molar-refractivity contribution in [3.05, 3.63) is 52.8 Å². The van der Waals surface area contributed by atoms with Crippen molar-refractivity contribution in [2.75, 3.05) is 0 Å². The smallest absolute Gasteiger partial charge is 0.0638 e. The van der Waals surface area contributed by atoms with Gasteiger partial charge >= 0.3 is 0 Å². The molecule has 1 aromatic carbocycles. The highest BCUT2D eigenvalue weighted by Crippen LogP contribution is 2.33. The van der Waals surface area contributed by atoms with Crippen LogP contribution in [0, 0.1) is 19.3 Å². The Kier molecular flexibility index (Phi) is 4.29. The van der Waals surface area contributed by atoms with Gasteiger partial charge in [0.15, 0.2) is 0 Å². The minimum atomic E-state index is 0.160. The van der Waals surface area contributed by atoms with Crippen LogP contribution in [-0.2, 0) is 6.54 Å². The van der Waals surface area contributed by atoms with E-state index in [0.717, 1.165) is 17.9 Å². The molecule has 3 heteroatoms. The van der Waals surface area contributed by atoms with Crippen LogP contribution in [0.1, 0.15) is 49.3 Å². The number of aryl methyl sites for hydroxylation is 2. The fourth-order valence-electron chi connectivity index (χ4n) is 2.61. The van der Waals surface area contributed by atoms with E-state index in [0.29, 0.717) is 6.04 Å². The first kappa shape index (κ1) is 14.8. The molecule has 0 aliphatic carbocycles. The first-order chi connectivity index (χ1) is 9.39. The number of nitrogens with one attached hydrogen (secondary N) is 2. The van der Waals surface area contributed by atoms with Gasteiger partial charge in [0.2, 0.25) is 0 Å². The maximum Gasteiger partial charge on any atom is 0.0638 e. The lowest BCUT2D eigenvalue weighted by Crippen LogP contribution is -2.32. The van der Waals surface area contributed by atoms with Crippen molar-refractivity contribution in [2.24, 2.45) is 5.41 Å². The molecule has 0 aliphatic rings. The molecule has 0 spiro atoms. The van der Waals surface area contributed by atoms with E-state index in [1.54, 1.807) is 0 Å². The number of aromatic amines is 1. The molecule has 1 unspecified atom stereocenters.